The third kappa shape index (κ3) is 3.34. The van der Waals surface area contributed by atoms with Gasteiger partial charge < -0.3 is 11.1 Å². The summed E-state index contributed by atoms with van der Waals surface area (Å²) in [6.45, 7) is 3.98. The summed E-state index contributed by atoms with van der Waals surface area (Å²) in [5.41, 5.74) is 7.42. The Balaban J connectivity index is 2.61. The number of nitrogens with zero attached hydrogens (tertiary/aromatic N) is 2. The summed E-state index contributed by atoms with van der Waals surface area (Å²) in [6.07, 6.45) is 3.78. The SMILES string of the molecule is CCc1nn(C)cc1NC(=O)CC(N)CC. The molecule has 1 atom stereocenters. The first-order valence-electron chi connectivity index (χ1n) is 5.64. The maximum Gasteiger partial charge on any atom is 0.226 e. The Bertz CT molecular complexity index is 359. The largest absolute Gasteiger partial charge is 0.327 e. The lowest BCUT2D eigenvalue weighted by molar-refractivity contribution is -0.116. The molecule has 0 aliphatic rings. The molecule has 0 aliphatic heterocycles. The molecule has 1 heterocycles. The van der Waals surface area contributed by atoms with Gasteiger partial charge in [0, 0.05) is 25.7 Å². The van der Waals surface area contributed by atoms with Crippen molar-refractivity contribution >= 4 is 11.6 Å². The Labute approximate surface area is 96.0 Å². The standard InChI is InChI=1S/C11H20N4O/c1-4-8(12)6-11(16)13-10-7-15(3)14-9(10)5-2/h7-8H,4-6,12H2,1-3H3,(H,13,16). The molecule has 1 amide bonds. The van der Waals surface area contributed by atoms with Crippen molar-refractivity contribution in [2.45, 2.75) is 39.2 Å². The Morgan fingerprint density at radius 2 is 2.31 bits per heavy atom. The van der Waals surface area contributed by atoms with Crippen molar-refractivity contribution in [1.29, 1.82) is 0 Å². The van der Waals surface area contributed by atoms with Crippen molar-refractivity contribution in [2.24, 2.45) is 12.8 Å². The molecule has 0 fully saturated rings. The number of aromatic nitrogens is 2. The maximum atomic E-state index is 11.6. The van der Waals surface area contributed by atoms with E-state index in [0.29, 0.717) is 6.42 Å². The molecule has 0 aliphatic carbocycles. The van der Waals surface area contributed by atoms with Gasteiger partial charge in [0.05, 0.1) is 11.4 Å². The van der Waals surface area contributed by atoms with Crippen LogP contribution in [0.5, 0.6) is 0 Å². The fourth-order valence-electron chi connectivity index (χ4n) is 1.48. The molecular weight excluding hydrogens is 204 g/mol. The van der Waals surface area contributed by atoms with E-state index in [1.807, 2.05) is 27.1 Å². The van der Waals surface area contributed by atoms with Crippen LogP contribution < -0.4 is 11.1 Å². The third-order valence-electron chi connectivity index (χ3n) is 2.49. The average molecular weight is 224 g/mol. The van der Waals surface area contributed by atoms with Crippen LogP contribution in [0.3, 0.4) is 0 Å². The van der Waals surface area contributed by atoms with E-state index in [9.17, 15) is 4.79 Å². The molecule has 1 aromatic rings. The third-order valence-corrected chi connectivity index (χ3v) is 2.49. The van der Waals surface area contributed by atoms with Gasteiger partial charge in [-0.2, -0.15) is 5.10 Å². The second-order valence-corrected chi connectivity index (χ2v) is 3.94. The number of amides is 1. The van der Waals surface area contributed by atoms with Crippen LogP contribution >= 0.6 is 0 Å². The first-order valence-corrected chi connectivity index (χ1v) is 5.64. The van der Waals surface area contributed by atoms with Crippen LogP contribution in [0.25, 0.3) is 0 Å². The van der Waals surface area contributed by atoms with Crippen molar-refractivity contribution in [3.05, 3.63) is 11.9 Å². The van der Waals surface area contributed by atoms with E-state index < -0.39 is 0 Å². The quantitative estimate of drug-likeness (QED) is 0.785. The number of nitrogens with one attached hydrogen (secondary N) is 1. The molecule has 0 bridgehead atoms. The fraction of sp³-hybridized carbons (Fsp3) is 0.636. The predicted octanol–water partition coefficient (Wildman–Crippen LogP) is 1.05. The van der Waals surface area contributed by atoms with Gasteiger partial charge in [-0.15, -0.1) is 0 Å². The Morgan fingerprint density at radius 3 is 2.88 bits per heavy atom. The lowest BCUT2D eigenvalue weighted by atomic mass is 10.1. The Kier molecular flexibility index (Phi) is 4.49. The number of rotatable bonds is 5. The monoisotopic (exact) mass is 224 g/mol. The number of nitrogens with two attached hydrogens (primary N) is 1. The minimum absolute atomic E-state index is 0.0444. The zero-order chi connectivity index (χ0) is 12.1. The van der Waals surface area contributed by atoms with Gasteiger partial charge in [-0.3, -0.25) is 9.48 Å². The molecule has 16 heavy (non-hydrogen) atoms. The molecule has 0 radical (unpaired) electrons. The number of anilines is 1. The molecule has 0 aromatic carbocycles. The first kappa shape index (κ1) is 12.7. The normalized spacial score (nSPS) is 12.5. The molecular formula is C11H20N4O. The highest BCUT2D eigenvalue weighted by atomic mass is 16.1. The molecule has 1 aromatic heterocycles. The van der Waals surface area contributed by atoms with Gasteiger partial charge >= 0.3 is 0 Å². The summed E-state index contributed by atoms with van der Waals surface area (Å²) in [7, 11) is 1.84. The highest BCUT2D eigenvalue weighted by molar-refractivity contribution is 5.91. The molecule has 0 saturated carbocycles. The van der Waals surface area contributed by atoms with Gasteiger partial charge in [0.25, 0.3) is 0 Å². The van der Waals surface area contributed by atoms with Gasteiger partial charge in [0.15, 0.2) is 0 Å². The van der Waals surface area contributed by atoms with Gasteiger partial charge in [-0.1, -0.05) is 13.8 Å². The van der Waals surface area contributed by atoms with Gasteiger partial charge in [0.2, 0.25) is 5.91 Å². The van der Waals surface area contributed by atoms with Crippen molar-refractivity contribution in [1.82, 2.24) is 9.78 Å². The zero-order valence-corrected chi connectivity index (χ0v) is 10.2. The molecule has 0 saturated heterocycles. The summed E-state index contributed by atoms with van der Waals surface area (Å²) in [6, 6.07) is -0.0678. The van der Waals surface area contributed by atoms with Crippen molar-refractivity contribution in [3.63, 3.8) is 0 Å². The van der Waals surface area contributed by atoms with E-state index in [0.717, 1.165) is 24.2 Å². The highest BCUT2D eigenvalue weighted by Crippen LogP contribution is 2.14. The smallest absolute Gasteiger partial charge is 0.226 e. The fourth-order valence-corrected chi connectivity index (χ4v) is 1.48. The van der Waals surface area contributed by atoms with Crippen LogP contribution in [0.4, 0.5) is 5.69 Å². The number of hydrogen-bond donors (Lipinski definition) is 2. The Hall–Kier alpha value is -1.36. The summed E-state index contributed by atoms with van der Waals surface area (Å²) in [4.78, 5) is 11.6. The van der Waals surface area contributed by atoms with E-state index in [1.165, 1.54) is 0 Å². The lowest BCUT2D eigenvalue weighted by Gasteiger charge is -2.08. The van der Waals surface area contributed by atoms with Crippen LogP contribution in [-0.4, -0.2) is 21.7 Å². The number of carbonyl (C=O) groups is 1. The molecule has 3 N–H and O–H groups in total. The van der Waals surface area contributed by atoms with Crippen molar-refractivity contribution in [3.8, 4) is 0 Å². The molecule has 5 nitrogen and oxygen atoms in total. The van der Waals surface area contributed by atoms with E-state index >= 15 is 0 Å². The molecule has 1 rings (SSSR count). The first-order chi connectivity index (χ1) is 7.56. The lowest BCUT2D eigenvalue weighted by Crippen LogP contribution is -2.26. The topological polar surface area (TPSA) is 72.9 Å². The maximum absolute atomic E-state index is 11.6. The van der Waals surface area contributed by atoms with Crippen LogP contribution in [0, 0.1) is 0 Å². The average Bonchev–Trinajstić information content (AvgIpc) is 2.58. The molecule has 0 spiro atoms. The van der Waals surface area contributed by atoms with Crippen LogP contribution in [-0.2, 0) is 18.3 Å². The van der Waals surface area contributed by atoms with Crippen LogP contribution in [0.15, 0.2) is 6.20 Å². The van der Waals surface area contributed by atoms with E-state index in [2.05, 4.69) is 10.4 Å². The predicted molar refractivity (Wildman–Crippen MR) is 64.1 cm³/mol. The molecule has 1 unspecified atom stereocenters. The summed E-state index contributed by atoms with van der Waals surface area (Å²) >= 11 is 0. The summed E-state index contributed by atoms with van der Waals surface area (Å²) in [5.74, 6) is -0.0444. The number of carbonyl (C=O) groups excluding carboxylic acids is 1. The minimum Gasteiger partial charge on any atom is -0.327 e. The minimum atomic E-state index is -0.0678. The van der Waals surface area contributed by atoms with Crippen molar-refractivity contribution < 1.29 is 4.79 Å². The Morgan fingerprint density at radius 1 is 1.62 bits per heavy atom. The second-order valence-electron chi connectivity index (χ2n) is 3.94. The van der Waals surface area contributed by atoms with Gasteiger partial charge in [-0.25, -0.2) is 0 Å². The second kappa shape index (κ2) is 5.65. The molecule has 90 valence electrons. The van der Waals surface area contributed by atoms with Gasteiger partial charge in [-0.05, 0) is 12.8 Å². The van der Waals surface area contributed by atoms with Crippen LogP contribution in [0.1, 0.15) is 32.4 Å². The number of hydrogen-bond acceptors (Lipinski definition) is 3. The van der Waals surface area contributed by atoms with E-state index in [1.54, 1.807) is 4.68 Å². The van der Waals surface area contributed by atoms with Crippen molar-refractivity contribution in [2.75, 3.05) is 5.32 Å². The summed E-state index contributed by atoms with van der Waals surface area (Å²) < 4.78 is 1.70. The zero-order valence-electron chi connectivity index (χ0n) is 10.2. The highest BCUT2D eigenvalue weighted by Gasteiger charge is 2.11. The van der Waals surface area contributed by atoms with E-state index in [-0.39, 0.29) is 11.9 Å². The van der Waals surface area contributed by atoms with Crippen LogP contribution in [0.2, 0.25) is 0 Å². The van der Waals surface area contributed by atoms with Gasteiger partial charge in [0.1, 0.15) is 0 Å². The summed E-state index contributed by atoms with van der Waals surface area (Å²) in [5, 5.41) is 7.10. The number of aryl methyl sites for hydroxylation is 2. The molecule has 5 heteroatoms. The van der Waals surface area contributed by atoms with E-state index in [4.69, 9.17) is 5.73 Å².